The molecule has 0 aliphatic rings. The molecular formula is C18H36N2O6. The number of likely N-dealkylation sites (N-methyl/N-ethyl adjacent to an activating group) is 1. The highest BCUT2D eigenvalue weighted by atomic mass is 16.6. The van der Waals surface area contributed by atoms with Crippen LogP contribution < -0.4 is 10.6 Å². The van der Waals surface area contributed by atoms with Gasteiger partial charge in [-0.15, -0.1) is 0 Å². The van der Waals surface area contributed by atoms with Crippen molar-refractivity contribution in [3.05, 3.63) is 0 Å². The fraction of sp³-hybridized carbons (Fsp3) is 0.889. The van der Waals surface area contributed by atoms with Crippen LogP contribution in [0.25, 0.3) is 0 Å². The van der Waals surface area contributed by atoms with Gasteiger partial charge in [0.2, 0.25) is 5.91 Å². The summed E-state index contributed by atoms with van der Waals surface area (Å²) >= 11 is 0. The largest absolute Gasteiger partial charge is 0.382 e. The minimum absolute atomic E-state index is 0.0193. The van der Waals surface area contributed by atoms with Crippen LogP contribution in [0.1, 0.15) is 32.6 Å². The molecule has 1 atom stereocenters. The maximum absolute atomic E-state index is 11.6. The van der Waals surface area contributed by atoms with Crippen molar-refractivity contribution in [2.75, 3.05) is 67.0 Å². The molecule has 1 amide bonds. The monoisotopic (exact) mass is 376 g/mol. The highest BCUT2D eigenvalue weighted by Gasteiger charge is 2.10. The Kier molecular flexibility index (Phi) is 18.0. The van der Waals surface area contributed by atoms with Gasteiger partial charge in [0, 0.05) is 20.1 Å². The number of nitrogens with one attached hydrogen (secondary N) is 2. The highest BCUT2D eigenvalue weighted by Crippen LogP contribution is 2.01. The maximum atomic E-state index is 11.6. The van der Waals surface area contributed by atoms with E-state index in [2.05, 4.69) is 10.6 Å². The first kappa shape index (κ1) is 24.9. The number of amides is 1. The number of Topliss-reactive ketones (excluding diaryl/α,β-unsaturated/α-hetero) is 1. The highest BCUT2D eigenvalue weighted by molar-refractivity contribution is 5.81. The summed E-state index contributed by atoms with van der Waals surface area (Å²) in [7, 11) is 3.42. The number of methoxy groups -OCH3 is 1. The van der Waals surface area contributed by atoms with Crippen LogP contribution in [0, 0.1) is 0 Å². The number of hydrogen-bond donors (Lipinski definition) is 2. The smallest absolute Gasteiger partial charge is 0.222 e. The molecule has 0 bridgehead atoms. The van der Waals surface area contributed by atoms with Gasteiger partial charge in [-0.05, 0) is 33.2 Å². The standard InChI is InChI=1S/C18H36N2O6/c1-16(21)17(19-2)6-4-5-8-20-18(22)7-9-24-12-13-26-15-14-25-11-10-23-3/h17,19H,4-15H2,1-3H3,(H,20,22)/t17-/m0/s1. The van der Waals surface area contributed by atoms with Gasteiger partial charge in [-0.1, -0.05) is 0 Å². The van der Waals surface area contributed by atoms with E-state index in [1.54, 1.807) is 21.1 Å². The number of ketones is 1. The van der Waals surface area contributed by atoms with E-state index in [4.69, 9.17) is 18.9 Å². The van der Waals surface area contributed by atoms with Crippen LogP contribution in [-0.2, 0) is 28.5 Å². The number of ether oxygens (including phenoxy) is 4. The van der Waals surface area contributed by atoms with Gasteiger partial charge in [0.1, 0.15) is 5.78 Å². The first-order chi connectivity index (χ1) is 12.6. The summed E-state index contributed by atoms with van der Waals surface area (Å²) in [4.78, 5) is 22.9. The summed E-state index contributed by atoms with van der Waals surface area (Å²) in [5.41, 5.74) is 0. The summed E-state index contributed by atoms with van der Waals surface area (Å²) in [6, 6.07) is -0.0850. The van der Waals surface area contributed by atoms with Crippen molar-refractivity contribution in [3.8, 4) is 0 Å². The molecule has 0 radical (unpaired) electrons. The molecule has 0 fully saturated rings. The number of carbonyl (C=O) groups excluding carboxylic acids is 2. The molecule has 0 heterocycles. The van der Waals surface area contributed by atoms with E-state index < -0.39 is 0 Å². The van der Waals surface area contributed by atoms with Gasteiger partial charge in [-0.3, -0.25) is 9.59 Å². The molecule has 0 unspecified atom stereocenters. The van der Waals surface area contributed by atoms with Gasteiger partial charge in [0.15, 0.2) is 0 Å². The molecule has 0 saturated heterocycles. The summed E-state index contributed by atoms with van der Waals surface area (Å²) in [5.74, 6) is 0.130. The van der Waals surface area contributed by atoms with Crippen molar-refractivity contribution >= 4 is 11.7 Å². The van der Waals surface area contributed by atoms with E-state index in [9.17, 15) is 9.59 Å². The zero-order valence-corrected chi connectivity index (χ0v) is 16.5. The third kappa shape index (κ3) is 16.4. The molecule has 154 valence electrons. The molecular weight excluding hydrogens is 340 g/mol. The van der Waals surface area contributed by atoms with Crippen LogP contribution in [0.15, 0.2) is 0 Å². The Hall–Kier alpha value is -1.06. The summed E-state index contributed by atoms with van der Waals surface area (Å²) in [5, 5.41) is 5.85. The lowest BCUT2D eigenvalue weighted by Gasteiger charge is -2.12. The average molecular weight is 376 g/mol. The SMILES string of the molecule is CN[C@@H](CCCCNC(=O)CCOCCOCCOCCOC)C(C)=O. The first-order valence-electron chi connectivity index (χ1n) is 9.28. The fourth-order valence-corrected chi connectivity index (χ4v) is 2.19. The van der Waals surface area contributed by atoms with Gasteiger partial charge in [-0.2, -0.15) is 0 Å². The zero-order chi connectivity index (χ0) is 19.5. The van der Waals surface area contributed by atoms with Crippen LogP contribution in [-0.4, -0.2) is 84.7 Å². The topological polar surface area (TPSA) is 95.1 Å². The summed E-state index contributed by atoms with van der Waals surface area (Å²) < 4.78 is 20.8. The van der Waals surface area contributed by atoms with Crippen molar-refractivity contribution in [1.82, 2.24) is 10.6 Å². The van der Waals surface area contributed by atoms with Crippen molar-refractivity contribution in [2.45, 2.75) is 38.6 Å². The lowest BCUT2D eigenvalue weighted by molar-refractivity contribution is -0.122. The van der Waals surface area contributed by atoms with Gasteiger partial charge in [0.05, 0.1) is 52.3 Å². The van der Waals surface area contributed by atoms with E-state index in [-0.39, 0.29) is 17.7 Å². The molecule has 0 aromatic rings. The molecule has 26 heavy (non-hydrogen) atoms. The van der Waals surface area contributed by atoms with E-state index in [1.165, 1.54) is 0 Å². The van der Waals surface area contributed by atoms with Crippen molar-refractivity contribution in [2.24, 2.45) is 0 Å². The molecule has 0 aromatic carbocycles. The molecule has 0 spiro atoms. The molecule has 2 N–H and O–H groups in total. The van der Waals surface area contributed by atoms with E-state index in [0.29, 0.717) is 59.2 Å². The number of rotatable bonds is 19. The average Bonchev–Trinajstić information content (AvgIpc) is 2.62. The minimum atomic E-state index is -0.0850. The third-order valence-corrected chi connectivity index (χ3v) is 3.73. The number of unbranched alkanes of at least 4 members (excludes halogenated alkanes) is 1. The van der Waals surface area contributed by atoms with E-state index >= 15 is 0 Å². The van der Waals surface area contributed by atoms with Crippen molar-refractivity contribution in [1.29, 1.82) is 0 Å². The molecule has 8 nitrogen and oxygen atoms in total. The molecule has 0 aliphatic heterocycles. The Morgan fingerprint density at radius 1 is 0.885 bits per heavy atom. The Morgan fingerprint density at radius 3 is 2.00 bits per heavy atom. The first-order valence-corrected chi connectivity index (χ1v) is 9.28. The molecule has 0 aliphatic carbocycles. The van der Waals surface area contributed by atoms with E-state index in [1.807, 2.05) is 0 Å². The van der Waals surface area contributed by atoms with Crippen LogP contribution in [0.4, 0.5) is 0 Å². The molecule has 0 aromatic heterocycles. The predicted octanol–water partition coefficient (Wildman–Crippen LogP) is 0.536. The quantitative estimate of drug-likeness (QED) is 0.318. The zero-order valence-electron chi connectivity index (χ0n) is 16.5. The van der Waals surface area contributed by atoms with Crippen LogP contribution in [0.5, 0.6) is 0 Å². The second-order valence-corrected chi connectivity index (χ2v) is 5.88. The Balaban J connectivity index is 3.31. The minimum Gasteiger partial charge on any atom is -0.382 e. The third-order valence-electron chi connectivity index (χ3n) is 3.73. The lowest BCUT2D eigenvalue weighted by atomic mass is 10.1. The predicted molar refractivity (Wildman–Crippen MR) is 99.3 cm³/mol. The van der Waals surface area contributed by atoms with Gasteiger partial charge >= 0.3 is 0 Å². The fourth-order valence-electron chi connectivity index (χ4n) is 2.19. The lowest BCUT2D eigenvalue weighted by Crippen LogP contribution is -2.32. The van der Waals surface area contributed by atoms with Gasteiger partial charge in [0.25, 0.3) is 0 Å². The summed E-state index contributed by atoms with van der Waals surface area (Å²) in [6.07, 6.45) is 2.89. The number of carbonyl (C=O) groups is 2. The second kappa shape index (κ2) is 18.7. The van der Waals surface area contributed by atoms with Gasteiger partial charge in [-0.25, -0.2) is 0 Å². The molecule has 0 saturated carbocycles. The van der Waals surface area contributed by atoms with Gasteiger partial charge < -0.3 is 29.6 Å². The Labute approximate surface area is 157 Å². The Morgan fingerprint density at radius 2 is 1.46 bits per heavy atom. The molecule has 8 heteroatoms. The molecule has 0 rings (SSSR count). The maximum Gasteiger partial charge on any atom is 0.222 e. The van der Waals surface area contributed by atoms with E-state index in [0.717, 1.165) is 19.3 Å². The second-order valence-electron chi connectivity index (χ2n) is 5.88. The Bertz CT molecular complexity index is 355. The summed E-state index contributed by atoms with van der Waals surface area (Å²) in [6.45, 7) is 5.74. The number of hydrogen-bond acceptors (Lipinski definition) is 7. The van der Waals surface area contributed by atoms with Crippen LogP contribution in [0.3, 0.4) is 0 Å². The normalized spacial score (nSPS) is 12.1. The van der Waals surface area contributed by atoms with Crippen LogP contribution in [0.2, 0.25) is 0 Å². The van der Waals surface area contributed by atoms with Crippen molar-refractivity contribution < 1.29 is 28.5 Å². The van der Waals surface area contributed by atoms with Crippen molar-refractivity contribution in [3.63, 3.8) is 0 Å². The van der Waals surface area contributed by atoms with Crippen LogP contribution >= 0.6 is 0 Å².